The van der Waals surface area contributed by atoms with Crippen molar-refractivity contribution in [3.8, 4) is 0 Å². The molecule has 1 heterocycles. The van der Waals surface area contributed by atoms with E-state index >= 15 is 0 Å². The van der Waals surface area contributed by atoms with Crippen molar-refractivity contribution in [3.05, 3.63) is 12.2 Å². The van der Waals surface area contributed by atoms with E-state index in [0.29, 0.717) is 11.5 Å². The average molecular weight is 274 g/mol. The number of hydrogen-bond acceptors (Lipinski definition) is 3. The molecule has 0 aliphatic heterocycles. The summed E-state index contributed by atoms with van der Waals surface area (Å²) in [4.78, 5) is 0. The van der Waals surface area contributed by atoms with Gasteiger partial charge in [0.25, 0.3) is 0 Å². The van der Waals surface area contributed by atoms with E-state index in [2.05, 4.69) is 28.6 Å². The van der Waals surface area contributed by atoms with E-state index in [0.717, 1.165) is 23.6 Å². The van der Waals surface area contributed by atoms with Crippen LogP contribution in [0.2, 0.25) is 0 Å². The summed E-state index contributed by atoms with van der Waals surface area (Å²) in [5.74, 6) is 4.24. The van der Waals surface area contributed by atoms with Crippen LogP contribution in [-0.2, 0) is 5.54 Å². The Bertz CT molecular complexity index is 469. The minimum Gasteiger partial charge on any atom is -0.321 e. The van der Waals surface area contributed by atoms with Crippen molar-refractivity contribution in [3.63, 3.8) is 0 Å². The van der Waals surface area contributed by atoms with Crippen LogP contribution in [0.15, 0.2) is 6.33 Å². The highest BCUT2D eigenvalue weighted by molar-refractivity contribution is 5.10. The molecule has 0 saturated heterocycles. The molecule has 4 aliphatic carbocycles. The van der Waals surface area contributed by atoms with E-state index < -0.39 is 0 Å². The Morgan fingerprint density at radius 1 is 1.15 bits per heavy atom. The van der Waals surface area contributed by atoms with E-state index in [1.165, 1.54) is 38.5 Å². The van der Waals surface area contributed by atoms with Gasteiger partial charge in [0, 0.05) is 5.54 Å². The summed E-state index contributed by atoms with van der Waals surface area (Å²) < 4.78 is 2.39. The maximum absolute atomic E-state index is 6.38. The van der Waals surface area contributed by atoms with Gasteiger partial charge in [0.2, 0.25) is 0 Å². The molecule has 0 spiro atoms. The van der Waals surface area contributed by atoms with Crippen LogP contribution in [0.3, 0.4) is 0 Å². The van der Waals surface area contributed by atoms with Crippen molar-refractivity contribution >= 4 is 0 Å². The first-order valence-corrected chi connectivity index (χ1v) is 8.23. The van der Waals surface area contributed by atoms with Gasteiger partial charge in [-0.25, -0.2) is 0 Å². The number of nitrogens with zero attached hydrogens (tertiary/aromatic N) is 3. The summed E-state index contributed by atoms with van der Waals surface area (Å²) in [6, 6.07) is 0.00510. The predicted molar refractivity (Wildman–Crippen MR) is 77.9 cm³/mol. The lowest BCUT2D eigenvalue weighted by Gasteiger charge is -2.57. The quantitative estimate of drug-likeness (QED) is 0.922. The lowest BCUT2D eigenvalue weighted by atomic mass is 9.53. The average Bonchev–Trinajstić information content (AvgIpc) is 2.85. The molecule has 0 aromatic carbocycles. The molecule has 4 saturated carbocycles. The molecule has 4 nitrogen and oxygen atoms in total. The van der Waals surface area contributed by atoms with E-state index in [1.54, 1.807) is 0 Å². The Kier molecular flexibility index (Phi) is 2.75. The highest BCUT2D eigenvalue weighted by Gasteiger charge is 2.52. The van der Waals surface area contributed by atoms with Crippen molar-refractivity contribution < 1.29 is 0 Å². The number of hydrogen-bond donors (Lipinski definition) is 1. The molecule has 1 aromatic rings. The Hall–Kier alpha value is -0.900. The maximum atomic E-state index is 6.38. The minimum atomic E-state index is 0.00510. The monoisotopic (exact) mass is 274 g/mol. The van der Waals surface area contributed by atoms with Crippen LogP contribution < -0.4 is 5.73 Å². The van der Waals surface area contributed by atoms with Crippen LogP contribution in [0.4, 0.5) is 0 Å². The molecule has 4 bridgehead atoms. The Labute approximate surface area is 121 Å². The van der Waals surface area contributed by atoms with E-state index in [9.17, 15) is 0 Å². The van der Waals surface area contributed by atoms with Gasteiger partial charge in [0.05, 0.1) is 6.04 Å². The van der Waals surface area contributed by atoms with Crippen LogP contribution in [0, 0.1) is 23.7 Å². The summed E-state index contributed by atoms with van der Waals surface area (Å²) in [7, 11) is 0. The van der Waals surface area contributed by atoms with Crippen molar-refractivity contribution in [1.29, 1.82) is 0 Å². The minimum absolute atomic E-state index is 0.00510. The topological polar surface area (TPSA) is 56.7 Å². The van der Waals surface area contributed by atoms with Gasteiger partial charge in [-0.15, -0.1) is 10.2 Å². The van der Waals surface area contributed by atoms with Gasteiger partial charge in [-0.1, -0.05) is 13.8 Å². The molecule has 0 radical (unpaired) electrons. The largest absolute Gasteiger partial charge is 0.321 e. The Balaban J connectivity index is 1.73. The van der Waals surface area contributed by atoms with Crippen molar-refractivity contribution in [2.45, 2.75) is 64.0 Å². The standard InChI is InChI=1S/C16H26N4/c1-10(2)14(17)15-19-18-9-20(15)16-6-11-3-12(7-16)5-13(4-11)8-16/h9-14H,3-8,17H2,1-2H3. The summed E-state index contributed by atoms with van der Waals surface area (Å²) in [6.45, 7) is 4.34. The molecule has 2 N–H and O–H groups in total. The Morgan fingerprint density at radius 3 is 2.20 bits per heavy atom. The molecule has 110 valence electrons. The number of rotatable bonds is 3. The van der Waals surface area contributed by atoms with Crippen molar-refractivity contribution in [2.24, 2.45) is 29.4 Å². The summed E-state index contributed by atoms with van der Waals surface area (Å²) in [5.41, 5.74) is 6.67. The zero-order valence-electron chi connectivity index (χ0n) is 12.6. The van der Waals surface area contributed by atoms with Gasteiger partial charge in [0.1, 0.15) is 6.33 Å². The molecular formula is C16H26N4. The third-order valence-electron chi connectivity index (χ3n) is 6.11. The lowest BCUT2D eigenvalue weighted by molar-refractivity contribution is -0.0452. The number of nitrogens with two attached hydrogens (primary N) is 1. The molecule has 20 heavy (non-hydrogen) atoms. The van der Waals surface area contributed by atoms with Crippen LogP contribution in [0.5, 0.6) is 0 Å². The zero-order chi connectivity index (χ0) is 13.9. The molecular weight excluding hydrogens is 248 g/mol. The van der Waals surface area contributed by atoms with E-state index in [-0.39, 0.29) is 6.04 Å². The first-order chi connectivity index (χ1) is 9.57. The van der Waals surface area contributed by atoms with Gasteiger partial charge in [-0.3, -0.25) is 0 Å². The van der Waals surface area contributed by atoms with Crippen LogP contribution >= 0.6 is 0 Å². The van der Waals surface area contributed by atoms with Crippen LogP contribution in [-0.4, -0.2) is 14.8 Å². The fourth-order valence-electron chi connectivity index (χ4n) is 5.49. The SMILES string of the molecule is CC(C)C(N)c1nncn1C12CC3CC(CC(C3)C1)C2. The molecule has 4 aliphatic rings. The van der Waals surface area contributed by atoms with Gasteiger partial charge in [-0.05, 0) is 62.2 Å². The second-order valence-corrected chi connectivity index (χ2v) is 7.97. The molecule has 0 amide bonds. The van der Waals surface area contributed by atoms with Gasteiger partial charge in [-0.2, -0.15) is 0 Å². The second-order valence-electron chi connectivity index (χ2n) is 7.97. The third kappa shape index (κ3) is 1.77. The smallest absolute Gasteiger partial charge is 0.150 e. The fraction of sp³-hybridized carbons (Fsp3) is 0.875. The summed E-state index contributed by atoms with van der Waals surface area (Å²) in [5, 5.41) is 8.60. The van der Waals surface area contributed by atoms with Gasteiger partial charge < -0.3 is 10.3 Å². The molecule has 1 atom stereocenters. The van der Waals surface area contributed by atoms with Crippen LogP contribution in [0.25, 0.3) is 0 Å². The molecule has 1 unspecified atom stereocenters. The normalized spacial score (nSPS) is 40.5. The first kappa shape index (κ1) is 12.8. The van der Waals surface area contributed by atoms with Crippen molar-refractivity contribution in [1.82, 2.24) is 14.8 Å². The van der Waals surface area contributed by atoms with Gasteiger partial charge in [0.15, 0.2) is 5.82 Å². The highest BCUT2D eigenvalue weighted by Crippen LogP contribution is 2.59. The van der Waals surface area contributed by atoms with Crippen LogP contribution in [0.1, 0.15) is 64.2 Å². The predicted octanol–water partition coefficient (Wildman–Crippen LogP) is 2.86. The summed E-state index contributed by atoms with van der Waals surface area (Å²) >= 11 is 0. The fourth-order valence-corrected chi connectivity index (χ4v) is 5.49. The second kappa shape index (κ2) is 4.30. The number of aromatic nitrogens is 3. The highest BCUT2D eigenvalue weighted by atomic mass is 15.3. The maximum Gasteiger partial charge on any atom is 0.150 e. The van der Waals surface area contributed by atoms with Crippen molar-refractivity contribution in [2.75, 3.05) is 0 Å². The zero-order valence-corrected chi connectivity index (χ0v) is 12.6. The first-order valence-electron chi connectivity index (χ1n) is 8.23. The Morgan fingerprint density at radius 2 is 1.70 bits per heavy atom. The molecule has 4 fully saturated rings. The molecule has 4 heteroatoms. The van der Waals surface area contributed by atoms with E-state index in [1.807, 2.05) is 6.33 Å². The summed E-state index contributed by atoms with van der Waals surface area (Å²) in [6.07, 6.45) is 10.3. The lowest BCUT2D eigenvalue weighted by Crippen LogP contribution is -2.52. The van der Waals surface area contributed by atoms with Gasteiger partial charge >= 0.3 is 0 Å². The third-order valence-corrected chi connectivity index (χ3v) is 6.11. The van der Waals surface area contributed by atoms with E-state index in [4.69, 9.17) is 5.73 Å². The molecule has 5 rings (SSSR count). The molecule has 1 aromatic heterocycles.